The Bertz CT molecular complexity index is 1050. The predicted octanol–water partition coefficient (Wildman–Crippen LogP) is 6.05. The highest BCUT2D eigenvalue weighted by Crippen LogP contribution is 2.35. The number of rotatable bonds is 5. The van der Waals surface area contributed by atoms with E-state index in [0.29, 0.717) is 34.5 Å². The number of ether oxygens (including phenoxy) is 2. The molecule has 0 aliphatic carbocycles. The fourth-order valence-corrected chi connectivity index (χ4v) is 2.99. The molecule has 28 heavy (non-hydrogen) atoms. The fraction of sp³-hybridized carbons (Fsp3) is 0.0417. The third-order valence-corrected chi connectivity index (χ3v) is 4.52. The highest BCUT2D eigenvalue weighted by Gasteiger charge is 2.27. The van der Waals surface area contributed by atoms with Gasteiger partial charge in [0.05, 0.1) is 5.56 Å². The molecule has 138 valence electrons. The van der Waals surface area contributed by atoms with Crippen LogP contribution < -0.4 is 9.47 Å². The average molecular weight is 389 g/mol. The van der Waals surface area contributed by atoms with Crippen molar-refractivity contribution < 1.29 is 14.3 Å². The highest BCUT2D eigenvalue weighted by molar-refractivity contribution is 6.30. The molecule has 1 aliphatic rings. The van der Waals surface area contributed by atoms with E-state index in [4.69, 9.17) is 21.1 Å². The summed E-state index contributed by atoms with van der Waals surface area (Å²) in [4.78, 5) is 12.5. The number of carbonyl (C=O) groups excluding carboxylic acids is 1. The van der Waals surface area contributed by atoms with Crippen molar-refractivity contribution in [2.75, 3.05) is 6.61 Å². The van der Waals surface area contributed by atoms with Gasteiger partial charge in [0.25, 0.3) is 0 Å². The molecule has 0 fully saturated rings. The number of Topliss-reactive ketones (excluding diaryl/α,β-unsaturated/α-hetero) is 1. The quantitative estimate of drug-likeness (QED) is 0.499. The van der Waals surface area contributed by atoms with E-state index in [0.717, 1.165) is 11.1 Å². The molecule has 0 atom stereocenters. The number of hydrogen-bond acceptors (Lipinski definition) is 3. The van der Waals surface area contributed by atoms with Crippen LogP contribution in [0, 0.1) is 0 Å². The van der Waals surface area contributed by atoms with E-state index in [1.165, 1.54) is 0 Å². The molecule has 3 nitrogen and oxygen atoms in total. The largest absolute Gasteiger partial charge is 0.489 e. The van der Waals surface area contributed by atoms with Crippen molar-refractivity contribution in [2.45, 2.75) is 0 Å². The fourth-order valence-electron chi connectivity index (χ4n) is 2.86. The van der Waals surface area contributed by atoms with Crippen LogP contribution in [-0.4, -0.2) is 12.4 Å². The molecule has 0 bridgehead atoms. The minimum absolute atomic E-state index is 0.138. The third kappa shape index (κ3) is 4.16. The van der Waals surface area contributed by atoms with E-state index in [2.05, 4.69) is 0 Å². The number of fused-ring (bicyclic) bond motifs is 1. The van der Waals surface area contributed by atoms with Crippen molar-refractivity contribution >= 4 is 29.5 Å². The second-order valence-corrected chi connectivity index (χ2v) is 6.71. The number of hydrogen-bond donors (Lipinski definition) is 0. The van der Waals surface area contributed by atoms with E-state index in [1.54, 1.807) is 36.4 Å². The molecule has 0 aromatic heterocycles. The molecule has 0 radical (unpaired) electrons. The van der Waals surface area contributed by atoms with Gasteiger partial charge in [0.15, 0.2) is 5.76 Å². The van der Waals surface area contributed by atoms with Gasteiger partial charge in [-0.15, -0.1) is 0 Å². The van der Waals surface area contributed by atoms with E-state index in [-0.39, 0.29) is 5.78 Å². The topological polar surface area (TPSA) is 35.5 Å². The second-order valence-electron chi connectivity index (χ2n) is 6.27. The maximum atomic E-state index is 12.5. The molecule has 1 aliphatic heterocycles. The van der Waals surface area contributed by atoms with E-state index >= 15 is 0 Å². The lowest BCUT2D eigenvalue weighted by Gasteiger charge is -2.04. The summed E-state index contributed by atoms with van der Waals surface area (Å²) in [6, 6.07) is 22.5. The van der Waals surface area contributed by atoms with Crippen LogP contribution >= 0.6 is 11.6 Å². The van der Waals surface area contributed by atoms with Crippen LogP contribution in [0.4, 0.5) is 0 Å². The Labute approximate surface area is 168 Å². The van der Waals surface area contributed by atoms with Crippen LogP contribution in [0.25, 0.3) is 12.2 Å². The number of halogens is 1. The van der Waals surface area contributed by atoms with E-state index in [9.17, 15) is 4.79 Å². The Morgan fingerprint density at radius 3 is 2.50 bits per heavy atom. The zero-order valence-electron chi connectivity index (χ0n) is 15.0. The SMILES string of the molecule is O=C1C(=Cc2ccc(Cl)cc2)Oc2cc(OCC=Cc3ccccc3)ccc21. The molecule has 0 unspecified atom stereocenters. The van der Waals surface area contributed by atoms with Gasteiger partial charge in [-0.2, -0.15) is 0 Å². The van der Waals surface area contributed by atoms with Gasteiger partial charge < -0.3 is 9.47 Å². The zero-order valence-corrected chi connectivity index (χ0v) is 15.7. The summed E-state index contributed by atoms with van der Waals surface area (Å²) in [5.74, 6) is 1.31. The molecule has 0 N–H and O–H groups in total. The summed E-state index contributed by atoms with van der Waals surface area (Å²) in [7, 11) is 0. The predicted molar refractivity (Wildman–Crippen MR) is 112 cm³/mol. The number of ketones is 1. The van der Waals surface area contributed by atoms with Gasteiger partial charge in [0, 0.05) is 11.1 Å². The molecule has 1 heterocycles. The van der Waals surface area contributed by atoms with Crippen molar-refractivity contribution in [3.05, 3.63) is 106 Å². The van der Waals surface area contributed by atoms with Crippen molar-refractivity contribution in [3.8, 4) is 11.5 Å². The summed E-state index contributed by atoms with van der Waals surface area (Å²) in [5.41, 5.74) is 2.50. The molecule has 0 spiro atoms. The molecule has 4 rings (SSSR count). The standard InChI is InChI=1S/C24H17ClO3/c25-19-10-8-18(9-11-19)15-23-24(26)21-13-12-20(16-22(21)28-23)27-14-4-7-17-5-2-1-3-6-17/h1-13,15-16H,14H2. The van der Waals surface area contributed by atoms with Gasteiger partial charge in [0.2, 0.25) is 5.78 Å². The van der Waals surface area contributed by atoms with Gasteiger partial charge in [-0.05, 0) is 47.5 Å². The number of benzene rings is 3. The van der Waals surface area contributed by atoms with Crippen molar-refractivity contribution in [1.82, 2.24) is 0 Å². The molecule has 3 aromatic rings. The lowest BCUT2D eigenvalue weighted by atomic mass is 10.1. The minimum Gasteiger partial charge on any atom is -0.489 e. The van der Waals surface area contributed by atoms with E-state index in [1.807, 2.05) is 54.6 Å². The molecular weight excluding hydrogens is 372 g/mol. The van der Waals surface area contributed by atoms with Crippen molar-refractivity contribution in [3.63, 3.8) is 0 Å². The van der Waals surface area contributed by atoms with Gasteiger partial charge in [-0.3, -0.25) is 4.79 Å². The summed E-state index contributed by atoms with van der Waals surface area (Å²) in [6.45, 7) is 0.426. The first-order valence-corrected chi connectivity index (χ1v) is 9.25. The number of carbonyl (C=O) groups is 1. The normalized spacial score (nSPS) is 14.3. The van der Waals surface area contributed by atoms with Crippen LogP contribution in [0.1, 0.15) is 21.5 Å². The molecule has 0 saturated carbocycles. The van der Waals surface area contributed by atoms with Crippen LogP contribution in [0.15, 0.2) is 84.6 Å². The average Bonchev–Trinajstić information content (AvgIpc) is 3.03. The van der Waals surface area contributed by atoms with Gasteiger partial charge in [-0.25, -0.2) is 0 Å². The summed E-state index contributed by atoms with van der Waals surface area (Å²) in [6.07, 6.45) is 5.66. The summed E-state index contributed by atoms with van der Waals surface area (Å²) in [5, 5.41) is 0.646. The van der Waals surface area contributed by atoms with E-state index < -0.39 is 0 Å². The monoisotopic (exact) mass is 388 g/mol. The maximum Gasteiger partial charge on any atom is 0.231 e. The minimum atomic E-state index is -0.138. The van der Waals surface area contributed by atoms with Crippen molar-refractivity contribution in [1.29, 1.82) is 0 Å². The molecule has 3 aromatic carbocycles. The molecule has 4 heteroatoms. The molecular formula is C24H17ClO3. The Balaban J connectivity index is 1.43. The smallest absolute Gasteiger partial charge is 0.231 e. The Morgan fingerprint density at radius 2 is 1.71 bits per heavy atom. The first-order valence-electron chi connectivity index (χ1n) is 8.87. The Morgan fingerprint density at radius 1 is 0.929 bits per heavy atom. The van der Waals surface area contributed by atoms with Crippen molar-refractivity contribution in [2.24, 2.45) is 0 Å². The molecule has 0 amide bonds. The summed E-state index contributed by atoms with van der Waals surface area (Å²) >= 11 is 5.90. The van der Waals surface area contributed by atoms with Crippen LogP contribution in [0.5, 0.6) is 11.5 Å². The highest BCUT2D eigenvalue weighted by atomic mass is 35.5. The number of allylic oxidation sites excluding steroid dienone is 1. The summed E-state index contributed by atoms with van der Waals surface area (Å²) < 4.78 is 11.5. The first-order chi connectivity index (χ1) is 13.7. The zero-order chi connectivity index (χ0) is 19.3. The van der Waals surface area contributed by atoms with Gasteiger partial charge in [0.1, 0.15) is 18.1 Å². The first kappa shape index (κ1) is 18.1. The van der Waals surface area contributed by atoms with Gasteiger partial charge in [-0.1, -0.05) is 60.1 Å². The molecule has 0 saturated heterocycles. The van der Waals surface area contributed by atoms with Gasteiger partial charge >= 0.3 is 0 Å². The van der Waals surface area contributed by atoms with Crippen LogP contribution in [-0.2, 0) is 0 Å². The Hall–Kier alpha value is -3.30. The lowest BCUT2D eigenvalue weighted by Crippen LogP contribution is -1.97. The van der Waals surface area contributed by atoms with Crippen LogP contribution in [0.3, 0.4) is 0 Å². The maximum absolute atomic E-state index is 12.5. The third-order valence-electron chi connectivity index (χ3n) is 4.27. The second kappa shape index (κ2) is 8.15. The lowest BCUT2D eigenvalue weighted by molar-refractivity contribution is 0.101. The van der Waals surface area contributed by atoms with Crippen LogP contribution in [0.2, 0.25) is 5.02 Å². The Kier molecular flexibility index (Phi) is 5.27.